The second-order valence-electron chi connectivity index (χ2n) is 5.47. The predicted molar refractivity (Wildman–Crippen MR) is 89.0 cm³/mol. The fourth-order valence-corrected chi connectivity index (χ4v) is 2.18. The van der Waals surface area contributed by atoms with E-state index >= 15 is 0 Å². The minimum absolute atomic E-state index is 0.0436. The van der Waals surface area contributed by atoms with Crippen LogP contribution in [0.2, 0.25) is 0 Å². The smallest absolute Gasteiger partial charge is 0.254 e. The molecule has 1 aromatic heterocycles. The lowest BCUT2D eigenvalue weighted by Crippen LogP contribution is -2.37. The van der Waals surface area contributed by atoms with Crippen LogP contribution < -0.4 is 15.6 Å². The van der Waals surface area contributed by atoms with Crippen LogP contribution in [0.4, 0.5) is 0 Å². The summed E-state index contributed by atoms with van der Waals surface area (Å²) in [5.41, 5.74) is 0.538. The monoisotopic (exact) mass is 331 g/mol. The fraction of sp³-hybridized carbons (Fsp3) is 0.353. The van der Waals surface area contributed by atoms with Gasteiger partial charge in [0.15, 0.2) is 0 Å². The number of carbonyl (C=O) groups excluding carboxylic acids is 1. The maximum absolute atomic E-state index is 11.9. The summed E-state index contributed by atoms with van der Waals surface area (Å²) in [4.78, 5) is 30.5. The normalized spacial score (nSPS) is 11.8. The highest BCUT2D eigenvalue weighted by molar-refractivity contribution is 5.78. The lowest BCUT2D eigenvalue weighted by Gasteiger charge is -2.13. The number of rotatable bonds is 7. The number of ether oxygens (including phenoxy) is 1. The van der Waals surface area contributed by atoms with Crippen LogP contribution in [0.5, 0.6) is 5.75 Å². The van der Waals surface area contributed by atoms with E-state index in [1.54, 1.807) is 26.0 Å². The van der Waals surface area contributed by atoms with Gasteiger partial charge in [-0.3, -0.25) is 9.59 Å². The van der Waals surface area contributed by atoms with Crippen molar-refractivity contribution in [3.8, 4) is 5.75 Å². The first-order valence-corrected chi connectivity index (χ1v) is 7.64. The van der Waals surface area contributed by atoms with Crippen molar-refractivity contribution in [2.75, 3.05) is 13.2 Å². The van der Waals surface area contributed by atoms with Gasteiger partial charge in [0, 0.05) is 17.8 Å². The Hall–Kier alpha value is -2.67. The molecule has 1 amide bonds. The van der Waals surface area contributed by atoms with Crippen LogP contribution in [0.1, 0.15) is 17.1 Å². The minimum Gasteiger partial charge on any atom is -0.491 e. The number of hydrogen-bond acceptors (Lipinski definition) is 5. The first-order chi connectivity index (χ1) is 11.5. The summed E-state index contributed by atoms with van der Waals surface area (Å²) in [6.07, 6.45) is -0.926. The van der Waals surface area contributed by atoms with Gasteiger partial charge in [0.05, 0.1) is 6.42 Å². The van der Waals surface area contributed by atoms with E-state index in [0.717, 1.165) is 0 Å². The molecule has 2 rings (SSSR count). The van der Waals surface area contributed by atoms with Gasteiger partial charge in [-0.25, -0.2) is 4.98 Å². The van der Waals surface area contributed by atoms with E-state index in [2.05, 4.69) is 15.3 Å². The highest BCUT2D eigenvalue weighted by Crippen LogP contribution is 2.08. The Labute approximate surface area is 139 Å². The van der Waals surface area contributed by atoms with Crippen molar-refractivity contribution in [1.29, 1.82) is 0 Å². The zero-order chi connectivity index (χ0) is 17.5. The molecule has 1 atom stereocenters. The Bertz CT molecular complexity index is 743. The summed E-state index contributed by atoms with van der Waals surface area (Å²) in [6, 6.07) is 9.10. The van der Waals surface area contributed by atoms with Crippen molar-refractivity contribution in [2.24, 2.45) is 0 Å². The lowest BCUT2D eigenvalue weighted by atomic mass is 10.1. The topological polar surface area (TPSA) is 104 Å². The van der Waals surface area contributed by atoms with Crippen molar-refractivity contribution >= 4 is 5.91 Å². The molecule has 24 heavy (non-hydrogen) atoms. The zero-order valence-corrected chi connectivity index (χ0v) is 13.7. The van der Waals surface area contributed by atoms with Gasteiger partial charge in [0.2, 0.25) is 5.91 Å². The molecule has 0 saturated heterocycles. The van der Waals surface area contributed by atoms with Crippen molar-refractivity contribution in [2.45, 2.75) is 26.4 Å². The first kappa shape index (κ1) is 17.7. The second-order valence-corrected chi connectivity index (χ2v) is 5.47. The molecule has 128 valence electrons. The number of amides is 1. The molecule has 7 heteroatoms. The number of aliphatic hydroxyl groups excluding tert-OH is 1. The molecule has 0 unspecified atom stereocenters. The second kappa shape index (κ2) is 8.26. The number of aryl methyl sites for hydroxylation is 2. The average Bonchev–Trinajstić information content (AvgIpc) is 2.55. The predicted octanol–water partition coefficient (Wildman–Crippen LogP) is 0.485. The Kier molecular flexibility index (Phi) is 6.08. The molecule has 0 radical (unpaired) electrons. The summed E-state index contributed by atoms with van der Waals surface area (Å²) >= 11 is 0. The number of nitrogens with zero attached hydrogens (tertiary/aromatic N) is 1. The summed E-state index contributed by atoms with van der Waals surface area (Å²) < 4.78 is 5.40. The Balaban J connectivity index is 1.80. The maximum Gasteiger partial charge on any atom is 0.254 e. The van der Waals surface area contributed by atoms with Crippen LogP contribution in [0.3, 0.4) is 0 Å². The van der Waals surface area contributed by atoms with Crippen molar-refractivity contribution < 1.29 is 14.6 Å². The van der Waals surface area contributed by atoms with E-state index in [9.17, 15) is 14.7 Å². The van der Waals surface area contributed by atoms with Gasteiger partial charge in [-0.2, -0.15) is 0 Å². The average molecular weight is 331 g/mol. The molecule has 1 heterocycles. The number of para-hydroxylation sites is 1. The zero-order valence-electron chi connectivity index (χ0n) is 13.7. The number of carbonyl (C=O) groups is 1. The van der Waals surface area contributed by atoms with E-state index in [4.69, 9.17) is 4.74 Å². The Morgan fingerprint density at radius 2 is 2.04 bits per heavy atom. The summed E-state index contributed by atoms with van der Waals surface area (Å²) in [6.45, 7) is 3.48. The summed E-state index contributed by atoms with van der Waals surface area (Å²) in [5, 5.41) is 12.4. The maximum atomic E-state index is 11.9. The molecule has 3 N–H and O–H groups in total. The molecule has 0 aliphatic heterocycles. The highest BCUT2D eigenvalue weighted by Gasteiger charge is 2.13. The van der Waals surface area contributed by atoms with Gasteiger partial charge in [-0.05, 0) is 26.0 Å². The number of aromatic amines is 1. The van der Waals surface area contributed by atoms with Crippen molar-refractivity contribution in [3.63, 3.8) is 0 Å². The number of H-pyrrole nitrogens is 1. The van der Waals surface area contributed by atoms with Gasteiger partial charge in [0.25, 0.3) is 5.56 Å². The van der Waals surface area contributed by atoms with Crippen LogP contribution in [0.25, 0.3) is 0 Å². The first-order valence-electron chi connectivity index (χ1n) is 7.64. The summed E-state index contributed by atoms with van der Waals surface area (Å²) in [5.74, 6) is 0.805. The third-order valence-corrected chi connectivity index (χ3v) is 3.40. The molecule has 7 nitrogen and oxygen atoms in total. The Morgan fingerprint density at radius 3 is 2.71 bits per heavy atom. The highest BCUT2D eigenvalue weighted by atomic mass is 16.5. The fourth-order valence-electron chi connectivity index (χ4n) is 2.18. The molecular formula is C17H21N3O4. The summed E-state index contributed by atoms with van der Waals surface area (Å²) in [7, 11) is 0. The molecule has 0 aliphatic carbocycles. The molecule has 0 bridgehead atoms. The molecular weight excluding hydrogens is 310 g/mol. The van der Waals surface area contributed by atoms with Gasteiger partial charge in [-0.15, -0.1) is 0 Å². The minimum atomic E-state index is -0.843. The van der Waals surface area contributed by atoms with E-state index in [1.165, 1.54) is 0 Å². The molecule has 0 aliphatic rings. The van der Waals surface area contributed by atoms with E-state index in [1.807, 2.05) is 18.2 Å². The van der Waals surface area contributed by atoms with Crippen LogP contribution in [0.15, 0.2) is 35.1 Å². The third-order valence-electron chi connectivity index (χ3n) is 3.40. The van der Waals surface area contributed by atoms with E-state index < -0.39 is 6.10 Å². The Morgan fingerprint density at radius 1 is 1.33 bits per heavy atom. The largest absolute Gasteiger partial charge is 0.491 e. The standard InChI is InChI=1S/C17H21N3O4/c1-11-15(17(23)20-12(2)19-11)8-16(22)18-9-13(21)10-24-14-6-4-3-5-7-14/h3-7,13,21H,8-10H2,1-2H3,(H,18,22)(H,19,20,23)/t13-/m1/s1. The lowest BCUT2D eigenvalue weighted by molar-refractivity contribution is -0.121. The number of nitrogens with one attached hydrogen (secondary N) is 2. The molecule has 0 saturated carbocycles. The molecule has 0 spiro atoms. The molecule has 0 fully saturated rings. The van der Waals surface area contributed by atoms with Crippen LogP contribution in [0, 0.1) is 13.8 Å². The quantitative estimate of drug-likeness (QED) is 0.685. The number of aromatic nitrogens is 2. The van der Waals surface area contributed by atoms with Gasteiger partial charge in [-0.1, -0.05) is 18.2 Å². The number of aliphatic hydroxyl groups is 1. The molecule has 1 aromatic carbocycles. The van der Waals surface area contributed by atoms with Gasteiger partial charge < -0.3 is 20.1 Å². The number of benzene rings is 1. The van der Waals surface area contributed by atoms with Gasteiger partial charge in [0.1, 0.15) is 24.3 Å². The van der Waals surface area contributed by atoms with Crippen LogP contribution in [-0.4, -0.2) is 40.2 Å². The van der Waals surface area contributed by atoms with Crippen LogP contribution >= 0.6 is 0 Å². The van der Waals surface area contributed by atoms with E-state index in [0.29, 0.717) is 22.8 Å². The van der Waals surface area contributed by atoms with E-state index in [-0.39, 0.29) is 31.0 Å². The SMILES string of the molecule is Cc1nc(C)c(CC(=O)NC[C@@H](O)COc2ccccc2)c(=O)[nH]1. The van der Waals surface area contributed by atoms with Crippen molar-refractivity contribution in [1.82, 2.24) is 15.3 Å². The molecule has 2 aromatic rings. The van der Waals surface area contributed by atoms with Crippen molar-refractivity contribution in [3.05, 3.63) is 57.8 Å². The van der Waals surface area contributed by atoms with Crippen LogP contribution in [-0.2, 0) is 11.2 Å². The number of hydrogen-bond donors (Lipinski definition) is 3. The third kappa shape index (κ3) is 5.20. The van der Waals surface area contributed by atoms with Gasteiger partial charge >= 0.3 is 0 Å².